The fourth-order valence-electron chi connectivity index (χ4n) is 2.44. The maximum Gasteiger partial charge on any atom is 0.317 e. The lowest BCUT2D eigenvalue weighted by Gasteiger charge is -2.36. The van der Waals surface area contributed by atoms with Crippen LogP contribution in [0.25, 0.3) is 0 Å². The Balaban J connectivity index is 1.60. The number of ether oxygens (including phenoxy) is 1. The molecule has 1 N–H and O–H groups in total. The van der Waals surface area contributed by atoms with Crippen LogP contribution in [0, 0.1) is 0 Å². The van der Waals surface area contributed by atoms with Gasteiger partial charge in [-0.1, -0.05) is 0 Å². The number of nitrogens with one attached hydrogen (secondary N) is 1. The molecule has 3 heterocycles. The van der Waals surface area contributed by atoms with Gasteiger partial charge in [0, 0.05) is 13.1 Å². The first-order valence-corrected chi connectivity index (χ1v) is 8.82. The predicted molar refractivity (Wildman–Crippen MR) is 85.7 cm³/mol. The normalized spacial score (nSPS) is 22.2. The largest absolute Gasteiger partial charge is 0.367 e. The Labute approximate surface area is 132 Å². The van der Waals surface area contributed by atoms with Crippen LogP contribution in [0.2, 0.25) is 0 Å². The van der Waals surface area contributed by atoms with E-state index in [9.17, 15) is 4.79 Å². The number of urea groups is 1. The molecule has 0 radical (unpaired) electrons. The van der Waals surface area contributed by atoms with Crippen molar-refractivity contribution in [1.29, 1.82) is 0 Å². The zero-order valence-electron chi connectivity index (χ0n) is 11.8. The van der Waals surface area contributed by atoms with Gasteiger partial charge in [-0.3, -0.25) is 0 Å². The molecule has 2 aromatic rings. The number of morpholine rings is 1. The van der Waals surface area contributed by atoms with Crippen LogP contribution < -0.4 is 5.32 Å². The Morgan fingerprint density at radius 2 is 2.14 bits per heavy atom. The number of carbonyl (C=O) groups excluding carboxylic acids is 1. The summed E-state index contributed by atoms with van der Waals surface area (Å²) in [4.78, 5) is 14.2. The first-order chi connectivity index (χ1) is 10.2. The maximum absolute atomic E-state index is 12.3. The summed E-state index contributed by atoms with van der Waals surface area (Å²) in [6.07, 6.45) is 0.0300. The fourth-order valence-corrected chi connectivity index (χ4v) is 3.81. The second-order valence-electron chi connectivity index (χ2n) is 5.19. The zero-order chi connectivity index (χ0) is 14.7. The molecule has 6 heteroatoms. The number of amides is 2. The quantitative estimate of drug-likeness (QED) is 0.940. The Morgan fingerprint density at radius 3 is 2.86 bits per heavy atom. The molecule has 1 aliphatic rings. The van der Waals surface area contributed by atoms with Crippen molar-refractivity contribution in [2.45, 2.75) is 25.7 Å². The Kier molecular flexibility index (Phi) is 4.57. The number of hydrogen-bond acceptors (Lipinski definition) is 4. The van der Waals surface area contributed by atoms with Gasteiger partial charge in [0.05, 0.1) is 12.6 Å². The molecule has 3 rings (SSSR count). The molecule has 0 saturated carbocycles. The lowest BCUT2D eigenvalue weighted by Crippen LogP contribution is -2.49. The number of rotatable bonds is 3. The summed E-state index contributed by atoms with van der Waals surface area (Å²) >= 11 is 3.30. The van der Waals surface area contributed by atoms with Gasteiger partial charge < -0.3 is 15.0 Å². The summed E-state index contributed by atoms with van der Waals surface area (Å²) in [5.74, 6) is 0. The van der Waals surface area contributed by atoms with Gasteiger partial charge in [0.15, 0.2) is 0 Å². The highest BCUT2D eigenvalue weighted by Gasteiger charge is 2.29. The predicted octanol–water partition coefficient (Wildman–Crippen LogP) is 3.48. The van der Waals surface area contributed by atoms with E-state index in [1.54, 1.807) is 22.7 Å². The summed E-state index contributed by atoms with van der Waals surface area (Å²) in [7, 11) is 0. The SMILES string of the molecule is C[C@@H]1CN(C(=O)NCc2ccsc2)C[C@H](c2ccsc2)O1. The lowest BCUT2D eigenvalue weighted by molar-refractivity contribution is -0.0655. The van der Waals surface area contributed by atoms with Gasteiger partial charge in [0.25, 0.3) is 0 Å². The van der Waals surface area contributed by atoms with Crippen LogP contribution in [0.5, 0.6) is 0 Å². The average molecular weight is 322 g/mol. The zero-order valence-corrected chi connectivity index (χ0v) is 13.5. The molecule has 1 fully saturated rings. The molecule has 0 bridgehead atoms. The van der Waals surface area contributed by atoms with Crippen molar-refractivity contribution in [1.82, 2.24) is 10.2 Å². The molecule has 2 atom stereocenters. The summed E-state index contributed by atoms with van der Waals surface area (Å²) in [6.45, 7) is 3.83. The molecule has 0 aromatic carbocycles. The fraction of sp³-hybridized carbons (Fsp3) is 0.400. The van der Waals surface area contributed by atoms with Crippen molar-refractivity contribution < 1.29 is 9.53 Å². The summed E-state index contributed by atoms with van der Waals surface area (Å²) in [5, 5.41) is 11.2. The number of carbonyl (C=O) groups is 1. The Bertz CT molecular complexity index is 569. The smallest absolute Gasteiger partial charge is 0.317 e. The summed E-state index contributed by atoms with van der Waals surface area (Å²) in [6, 6.07) is 4.08. The first-order valence-electron chi connectivity index (χ1n) is 6.94. The van der Waals surface area contributed by atoms with E-state index in [-0.39, 0.29) is 18.2 Å². The highest BCUT2D eigenvalue weighted by Crippen LogP contribution is 2.26. The minimum Gasteiger partial charge on any atom is -0.367 e. The molecule has 21 heavy (non-hydrogen) atoms. The van der Waals surface area contributed by atoms with Crippen molar-refractivity contribution in [3.8, 4) is 0 Å². The van der Waals surface area contributed by atoms with E-state index in [1.807, 2.05) is 28.7 Å². The van der Waals surface area contributed by atoms with E-state index in [0.29, 0.717) is 19.6 Å². The van der Waals surface area contributed by atoms with Crippen molar-refractivity contribution in [3.63, 3.8) is 0 Å². The van der Waals surface area contributed by atoms with Crippen molar-refractivity contribution in [3.05, 3.63) is 44.8 Å². The Hall–Kier alpha value is -1.37. The molecule has 1 saturated heterocycles. The van der Waals surface area contributed by atoms with Crippen LogP contribution in [-0.4, -0.2) is 30.1 Å². The monoisotopic (exact) mass is 322 g/mol. The van der Waals surface area contributed by atoms with Crippen LogP contribution in [-0.2, 0) is 11.3 Å². The van der Waals surface area contributed by atoms with Crippen molar-refractivity contribution in [2.24, 2.45) is 0 Å². The number of nitrogens with zero attached hydrogens (tertiary/aromatic N) is 1. The second kappa shape index (κ2) is 6.60. The van der Waals surface area contributed by atoms with E-state index in [2.05, 4.69) is 22.1 Å². The molecule has 112 valence electrons. The molecular formula is C15H18N2O2S2. The van der Waals surface area contributed by atoms with Gasteiger partial charge in [-0.25, -0.2) is 4.79 Å². The third kappa shape index (κ3) is 3.64. The van der Waals surface area contributed by atoms with Gasteiger partial charge >= 0.3 is 6.03 Å². The third-order valence-electron chi connectivity index (χ3n) is 3.49. The molecule has 0 aliphatic carbocycles. The van der Waals surface area contributed by atoms with Crippen LogP contribution in [0.4, 0.5) is 4.79 Å². The van der Waals surface area contributed by atoms with Crippen LogP contribution in [0.15, 0.2) is 33.7 Å². The summed E-state index contributed by atoms with van der Waals surface area (Å²) < 4.78 is 5.95. The van der Waals surface area contributed by atoms with E-state index in [1.165, 1.54) is 0 Å². The minimum atomic E-state index is -0.0214. The van der Waals surface area contributed by atoms with Crippen LogP contribution in [0.1, 0.15) is 24.2 Å². The van der Waals surface area contributed by atoms with Gasteiger partial charge in [-0.2, -0.15) is 22.7 Å². The average Bonchev–Trinajstić information content (AvgIpc) is 3.17. The van der Waals surface area contributed by atoms with Crippen LogP contribution in [0.3, 0.4) is 0 Å². The standard InChI is InChI=1S/C15H18N2O2S2/c1-11-7-17(8-14(19-11)13-3-5-21-10-13)15(18)16-6-12-2-4-20-9-12/h2-5,9-11,14H,6-8H2,1H3,(H,16,18)/t11-,14-/m1/s1. The highest BCUT2D eigenvalue weighted by atomic mass is 32.1. The van der Waals surface area contributed by atoms with E-state index >= 15 is 0 Å². The molecule has 0 spiro atoms. The van der Waals surface area contributed by atoms with Crippen LogP contribution >= 0.6 is 22.7 Å². The van der Waals surface area contributed by atoms with E-state index in [4.69, 9.17) is 4.74 Å². The van der Waals surface area contributed by atoms with Gasteiger partial charge in [-0.05, 0) is 51.7 Å². The van der Waals surface area contributed by atoms with Gasteiger partial charge in [-0.15, -0.1) is 0 Å². The van der Waals surface area contributed by atoms with Gasteiger partial charge in [0.1, 0.15) is 6.10 Å². The van der Waals surface area contributed by atoms with Crippen molar-refractivity contribution in [2.75, 3.05) is 13.1 Å². The first kappa shape index (κ1) is 14.6. The molecule has 0 unspecified atom stereocenters. The maximum atomic E-state index is 12.3. The topological polar surface area (TPSA) is 41.6 Å². The molecule has 1 aliphatic heterocycles. The number of thiophene rings is 2. The second-order valence-corrected chi connectivity index (χ2v) is 6.75. The molecular weight excluding hydrogens is 304 g/mol. The summed E-state index contributed by atoms with van der Waals surface area (Å²) in [5.41, 5.74) is 2.30. The third-order valence-corrected chi connectivity index (χ3v) is 4.92. The van der Waals surface area contributed by atoms with E-state index in [0.717, 1.165) is 11.1 Å². The lowest BCUT2D eigenvalue weighted by atomic mass is 10.1. The molecule has 2 amide bonds. The Morgan fingerprint density at radius 1 is 1.33 bits per heavy atom. The number of hydrogen-bond donors (Lipinski definition) is 1. The minimum absolute atomic E-state index is 0.0171. The van der Waals surface area contributed by atoms with E-state index < -0.39 is 0 Å². The molecule has 4 nitrogen and oxygen atoms in total. The van der Waals surface area contributed by atoms with Crippen molar-refractivity contribution >= 4 is 28.7 Å². The molecule has 2 aromatic heterocycles. The van der Waals surface area contributed by atoms with Gasteiger partial charge in [0.2, 0.25) is 0 Å². The highest BCUT2D eigenvalue weighted by molar-refractivity contribution is 7.08.